The van der Waals surface area contributed by atoms with E-state index in [-0.39, 0.29) is 12.0 Å². The van der Waals surface area contributed by atoms with Crippen molar-refractivity contribution >= 4 is 12.6 Å². The predicted octanol–water partition coefficient (Wildman–Crippen LogP) is 1.58. The van der Waals surface area contributed by atoms with Crippen LogP contribution in [0.25, 0.3) is 0 Å². The molecule has 70 valence electrons. The van der Waals surface area contributed by atoms with Crippen molar-refractivity contribution in [1.29, 1.82) is 0 Å². The Morgan fingerprint density at radius 1 is 1.36 bits per heavy atom. The molecule has 0 heterocycles. The highest BCUT2D eigenvalue weighted by molar-refractivity contribution is 5.79. The van der Waals surface area contributed by atoms with E-state index in [0.29, 0.717) is 18.1 Å². The molecule has 0 amide bonds. The lowest BCUT2D eigenvalue weighted by Crippen LogP contribution is -1.88. The van der Waals surface area contributed by atoms with Crippen LogP contribution in [0.1, 0.15) is 22.3 Å². The third-order valence-corrected chi connectivity index (χ3v) is 1.55. The van der Waals surface area contributed by atoms with Crippen LogP contribution >= 0.6 is 0 Å². The van der Waals surface area contributed by atoms with Gasteiger partial charge in [-0.25, -0.2) is 4.39 Å². The van der Waals surface area contributed by atoms with Gasteiger partial charge < -0.3 is 4.79 Å². The van der Waals surface area contributed by atoms with Gasteiger partial charge in [-0.3, -0.25) is 4.79 Å². The summed E-state index contributed by atoms with van der Waals surface area (Å²) in [6.07, 6.45) is 1.31. The van der Waals surface area contributed by atoms with E-state index < -0.39 is 5.82 Å². The number of hydrogen-bond donors (Lipinski definition) is 0. The number of carbonyl (C=O) groups excluding carboxylic acids is 2. The Morgan fingerprint density at radius 3 is 2.79 bits per heavy atom. The standard InChI is InChI=1S/C11H7FO2/c12-11-5-4-9(3-1-2-6-13)10(7-11)8-14/h4-8H,2H2. The fourth-order valence-corrected chi connectivity index (χ4v) is 0.933. The van der Waals surface area contributed by atoms with Crippen molar-refractivity contribution in [2.45, 2.75) is 6.42 Å². The van der Waals surface area contributed by atoms with Crippen LogP contribution < -0.4 is 0 Å². The molecule has 1 aromatic rings. The van der Waals surface area contributed by atoms with Gasteiger partial charge in [0.15, 0.2) is 6.29 Å². The maximum atomic E-state index is 12.7. The molecule has 3 heteroatoms. The summed E-state index contributed by atoms with van der Waals surface area (Å²) in [6.45, 7) is 0. The molecule has 2 nitrogen and oxygen atoms in total. The summed E-state index contributed by atoms with van der Waals surface area (Å²) < 4.78 is 12.7. The highest BCUT2D eigenvalue weighted by atomic mass is 19.1. The van der Waals surface area contributed by atoms with Crippen LogP contribution in [0.3, 0.4) is 0 Å². The molecule has 14 heavy (non-hydrogen) atoms. The van der Waals surface area contributed by atoms with Gasteiger partial charge >= 0.3 is 0 Å². The fraction of sp³-hybridized carbons (Fsp3) is 0.0909. The first kappa shape index (κ1) is 10.1. The number of benzene rings is 1. The SMILES string of the molecule is O=CCC#Cc1ccc(F)cc1C=O. The van der Waals surface area contributed by atoms with Crippen molar-refractivity contribution in [3.63, 3.8) is 0 Å². The molecular formula is C11H7FO2. The van der Waals surface area contributed by atoms with Crippen molar-refractivity contribution in [2.24, 2.45) is 0 Å². The first-order valence-electron chi connectivity index (χ1n) is 3.95. The molecule has 0 unspecified atom stereocenters. The summed E-state index contributed by atoms with van der Waals surface area (Å²) in [7, 11) is 0. The first-order valence-corrected chi connectivity index (χ1v) is 3.95. The molecular weight excluding hydrogens is 183 g/mol. The Morgan fingerprint density at radius 2 is 2.14 bits per heavy atom. The van der Waals surface area contributed by atoms with Crippen LogP contribution in [0.4, 0.5) is 4.39 Å². The average Bonchev–Trinajstić information content (AvgIpc) is 2.20. The molecule has 1 rings (SSSR count). The van der Waals surface area contributed by atoms with Gasteiger partial charge in [0.05, 0.1) is 6.42 Å². The van der Waals surface area contributed by atoms with Crippen molar-refractivity contribution in [3.8, 4) is 11.8 Å². The second-order valence-corrected chi connectivity index (χ2v) is 2.52. The number of aldehydes is 2. The summed E-state index contributed by atoms with van der Waals surface area (Å²) in [5.74, 6) is 4.68. The smallest absolute Gasteiger partial charge is 0.151 e. The van der Waals surface area contributed by atoms with Gasteiger partial charge in [-0.05, 0) is 18.2 Å². The second-order valence-electron chi connectivity index (χ2n) is 2.52. The minimum Gasteiger partial charge on any atom is -0.302 e. The molecule has 0 bridgehead atoms. The maximum absolute atomic E-state index is 12.7. The van der Waals surface area contributed by atoms with Gasteiger partial charge in [0.1, 0.15) is 12.1 Å². The van der Waals surface area contributed by atoms with E-state index in [0.717, 1.165) is 6.07 Å². The van der Waals surface area contributed by atoms with E-state index >= 15 is 0 Å². The van der Waals surface area contributed by atoms with E-state index in [4.69, 9.17) is 0 Å². The maximum Gasteiger partial charge on any atom is 0.151 e. The molecule has 0 saturated carbocycles. The van der Waals surface area contributed by atoms with E-state index in [1.54, 1.807) is 0 Å². The molecule has 0 aromatic heterocycles. The number of hydrogen-bond acceptors (Lipinski definition) is 2. The zero-order valence-corrected chi connectivity index (χ0v) is 7.29. The summed E-state index contributed by atoms with van der Waals surface area (Å²) >= 11 is 0. The van der Waals surface area contributed by atoms with Crippen molar-refractivity contribution in [2.75, 3.05) is 0 Å². The summed E-state index contributed by atoms with van der Waals surface area (Å²) in [5, 5.41) is 0. The largest absolute Gasteiger partial charge is 0.302 e. The summed E-state index contributed by atoms with van der Waals surface area (Å²) in [6, 6.07) is 3.74. The van der Waals surface area contributed by atoms with Crippen LogP contribution in [0.2, 0.25) is 0 Å². The average molecular weight is 190 g/mol. The van der Waals surface area contributed by atoms with Crippen LogP contribution in [0.5, 0.6) is 0 Å². The van der Waals surface area contributed by atoms with E-state index in [9.17, 15) is 14.0 Å². The van der Waals surface area contributed by atoms with E-state index in [2.05, 4.69) is 11.8 Å². The highest BCUT2D eigenvalue weighted by Gasteiger charge is 1.99. The Labute approximate surface area is 80.7 Å². The number of carbonyl (C=O) groups is 2. The van der Waals surface area contributed by atoms with Crippen LogP contribution in [0, 0.1) is 17.7 Å². The minimum atomic E-state index is -0.479. The Kier molecular flexibility index (Phi) is 3.57. The Bertz CT molecular complexity index is 413. The van der Waals surface area contributed by atoms with Crippen LogP contribution in [-0.2, 0) is 4.79 Å². The molecule has 0 aliphatic rings. The van der Waals surface area contributed by atoms with Crippen molar-refractivity contribution in [1.82, 2.24) is 0 Å². The lowest BCUT2D eigenvalue weighted by Gasteiger charge is -1.95. The predicted molar refractivity (Wildman–Crippen MR) is 49.3 cm³/mol. The van der Waals surface area contributed by atoms with Crippen LogP contribution in [0.15, 0.2) is 18.2 Å². The Hall–Kier alpha value is -1.95. The highest BCUT2D eigenvalue weighted by Crippen LogP contribution is 2.07. The summed E-state index contributed by atoms with van der Waals surface area (Å²) in [4.78, 5) is 20.5. The fourth-order valence-electron chi connectivity index (χ4n) is 0.933. The quantitative estimate of drug-likeness (QED) is 0.524. The monoisotopic (exact) mass is 190 g/mol. The van der Waals surface area contributed by atoms with Gasteiger partial charge in [-0.15, -0.1) is 0 Å². The third kappa shape index (κ3) is 2.53. The van der Waals surface area contributed by atoms with Crippen molar-refractivity contribution < 1.29 is 14.0 Å². The molecule has 0 N–H and O–H groups in total. The number of rotatable bonds is 2. The summed E-state index contributed by atoms with van der Waals surface area (Å²) in [5.41, 5.74) is 0.631. The number of halogens is 1. The first-order chi connectivity index (χ1) is 6.77. The molecule has 0 aliphatic heterocycles. The molecule has 0 atom stereocenters. The molecule has 0 radical (unpaired) electrons. The minimum absolute atomic E-state index is 0.107. The van der Waals surface area contributed by atoms with Crippen molar-refractivity contribution in [3.05, 3.63) is 35.1 Å². The van der Waals surface area contributed by atoms with Crippen LogP contribution in [-0.4, -0.2) is 12.6 Å². The molecule has 0 fully saturated rings. The normalized spacial score (nSPS) is 8.64. The second kappa shape index (κ2) is 4.93. The lowest BCUT2D eigenvalue weighted by molar-refractivity contribution is -0.107. The van der Waals surface area contributed by atoms with Gasteiger partial charge in [0.2, 0.25) is 0 Å². The molecule has 1 aromatic carbocycles. The lowest BCUT2D eigenvalue weighted by atomic mass is 10.1. The third-order valence-electron chi connectivity index (χ3n) is 1.55. The Balaban J connectivity index is 3.03. The molecule has 0 spiro atoms. The topological polar surface area (TPSA) is 34.1 Å². The van der Waals surface area contributed by atoms with Gasteiger partial charge in [-0.1, -0.05) is 11.8 Å². The zero-order chi connectivity index (χ0) is 10.4. The molecule has 0 saturated heterocycles. The van der Waals surface area contributed by atoms with Gasteiger partial charge in [0.25, 0.3) is 0 Å². The van der Waals surface area contributed by atoms with Gasteiger partial charge in [-0.2, -0.15) is 0 Å². The van der Waals surface area contributed by atoms with E-state index in [1.165, 1.54) is 12.1 Å². The van der Waals surface area contributed by atoms with E-state index in [1.807, 2.05) is 0 Å². The molecule has 0 aliphatic carbocycles. The van der Waals surface area contributed by atoms with Gasteiger partial charge in [0, 0.05) is 11.1 Å². The zero-order valence-electron chi connectivity index (χ0n) is 7.29.